The molecule has 10 heteroatoms. The number of amides is 1. The Hall–Kier alpha value is -2.10. The molecule has 3 aliphatic rings. The number of fused-ring (bicyclic) bond motifs is 1. The maximum atomic E-state index is 13.3. The Labute approximate surface area is 202 Å². The molecular formula is C23H26ClN3O4S2. The van der Waals surface area contributed by atoms with Gasteiger partial charge in [0.05, 0.1) is 28.3 Å². The highest BCUT2D eigenvalue weighted by Gasteiger charge is 2.41. The van der Waals surface area contributed by atoms with Gasteiger partial charge in [-0.1, -0.05) is 42.5 Å². The second-order valence-corrected chi connectivity index (χ2v) is 12.5. The Morgan fingerprint density at radius 2 is 2.06 bits per heavy atom. The number of sulfone groups is 1. The minimum atomic E-state index is -3.40. The molecule has 33 heavy (non-hydrogen) atoms. The molecule has 1 amide bonds. The predicted molar refractivity (Wildman–Crippen MR) is 130 cm³/mol. The van der Waals surface area contributed by atoms with E-state index >= 15 is 0 Å². The van der Waals surface area contributed by atoms with E-state index in [-0.39, 0.29) is 30.3 Å². The Morgan fingerprint density at radius 3 is 2.70 bits per heavy atom. The fourth-order valence-electron chi connectivity index (χ4n) is 4.66. The van der Waals surface area contributed by atoms with Crippen LogP contribution in [0.2, 0.25) is 4.34 Å². The Balaban J connectivity index is 0.00000259. The Kier molecular flexibility index (Phi) is 6.75. The van der Waals surface area contributed by atoms with Gasteiger partial charge in [-0.25, -0.2) is 13.4 Å². The van der Waals surface area contributed by atoms with E-state index in [1.807, 2.05) is 6.07 Å². The number of thiazole rings is 1. The molecule has 7 nitrogen and oxygen atoms in total. The number of benzene rings is 1. The quantitative estimate of drug-likeness (QED) is 0.576. The van der Waals surface area contributed by atoms with Gasteiger partial charge in [0, 0.05) is 24.6 Å². The number of aliphatic imine (C=N–C) groups is 1. The smallest absolute Gasteiger partial charge is 0.231 e. The molecule has 176 valence electrons. The predicted octanol–water partition coefficient (Wildman–Crippen LogP) is 4.86. The highest BCUT2D eigenvalue weighted by molar-refractivity contribution is 7.92. The fourth-order valence-corrected chi connectivity index (χ4v) is 7.34. The summed E-state index contributed by atoms with van der Waals surface area (Å²) in [6.07, 6.45) is 6.69. The highest BCUT2D eigenvalue weighted by Crippen LogP contribution is 2.43. The van der Waals surface area contributed by atoms with Crippen LogP contribution in [0, 0.1) is 11.8 Å². The lowest BCUT2D eigenvalue weighted by Crippen LogP contribution is -2.29. The van der Waals surface area contributed by atoms with Crippen molar-refractivity contribution in [2.45, 2.75) is 62.1 Å². The minimum Gasteiger partial charge on any atom is -0.302 e. The van der Waals surface area contributed by atoms with Gasteiger partial charge in [-0.05, 0) is 43.2 Å². The average molecular weight is 508 g/mol. The molecule has 5 rings (SSSR count). The van der Waals surface area contributed by atoms with Gasteiger partial charge >= 0.3 is 0 Å². The summed E-state index contributed by atoms with van der Waals surface area (Å²) in [6.45, 7) is 0. The van der Waals surface area contributed by atoms with Crippen LogP contribution in [0.5, 0.6) is 0 Å². The zero-order valence-electron chi connectivity index (χ0n) is 17.2. The lowest BCUT2D eigenvalue weighted by Gasteiger charge is -2.24. The topological polar surface area (TPSA) is 106 Å². The summed E-state index contributed by atoms with van der Waals surface area (Å²) in [7, 11) is -3.40. The summed E-state index contributed by atoms with van der Waals surface area (Å²) in [5.74, 6) is -0.476. The number of aromatic nitrogens is 1. The van der Waals surface area contributed by atoms with Crippen LogP contribution < -0.4 is 5.32 Å². The van der Waals surface area contributed by atoms with Crippen LogP contribution in [0.25, 0.3) is 0 Å². The number of ketones is 1. The third-order valence-electron chi connectivity index (χ3n) is 6.41. The van der Waals surface area contributed by atoms with Gasteiger partial charge in [0.15, 0.2) is 15.0 Å². The lowest BCUT2D eigenvalue weighted by molar-refractivity contribution is -0.121. The number of Topliss-reactive ketones (excluding diaryl/α,β-unsaturated/α-hetero) is 1. The first-order valence-corrected chi connectivity index (χ1v) is 13.4. The largest absolute Gasteiger partial charge is 0.302 e. The van der Waals surface area contributed by atoms with E-state index in [1.54, 1.807) is 18.3 Å². The second kappa shape index (κ2) is 9.27. The molecule has 1 aromatic heterocycles. The third kappa shape index (κ3) is 4.76. The first-order valence-electron chi connectivity index (χ1n) is 10.7. The number of rotatable bonds is 7. The minimum absolute atomic E-state index is 0. The van der Waals surface area contributed by atoms with E-state index in [0.717, 1.165) is 12.0 Å². The number of hydrogen-bond acceptors (Lipinski definition) is 7. The van der Waals surface area contributed by atoms with Crippen molar-refractivity contribution in [2.24, 2.45) is 16.8 Å². The van der Waals surface area contributed by atoms with Crippen LogP contribution in [-0.2, 0) is 19.4 Å². The van der Waals surface area contributed by atoms with E-state index in [1.165, 1.54) is 17.5 Å². The summed E-state index contributed by atoms with van der Waals surface area (Å²) >= 11 is 7.12. The number of carbonyl (C=O) groups excluding carboxylic acids is 2. The molecule has 0 spiro atoms. The molecule has 2 aliphatic carbocycles. The number of nitrogens with one attached hydrogen (secondary N) is 1. The zero-order chi connectivity index (χ0) is 22.5. The second-order valence-electron chi connectivity index (χ2n) is 8.67. The van der Waals surface area contributed by atoms with Crippen molar-refractivity contribution in [2.75, 3.05) is 5.32 Å². The number of carbonyl (C=O) groups is 2. The summed E-state index contributed by atoms with van der Waals surface area (Å²) in [4.78, 5) is 34.2. The van der Waals surface area contributed by atoms with E-state index in [9.17, 15) is 18.0 Å². The van der Waals surface area contributed by atoms with E-state index in [2.05, 4.69) is 15.3 Å². The van der Waals surface area contributed by atoms with Gasteiger partial charge in [-0.15, -0.1) is 0 Å². The third-order valence-corrected chi connectivity index (χ3v) is 9.76. The van der Waals surface area contributed by atoms with Gasteiger partial charge < -0.3 is 5.32 Å². The van der Waals surface area contributed by atoms with Crippen molar-refractivity contribution in [3.8, 4) is 0 Å². The summed E-state index contributed by atoms with van der Waals surface area (Å²) in [5, 5.41) is 2.92. The SMILES string of the molecule is C.O=C1CC[C@H](C[C@@H](C(=O)Nc2ncc(Cl)s2)C2N=Cc3c2cccc3S(=O)(=O)C2CC2)C1. The van der Waals surface area contributed by atoms with E-state index in [0.29, 0.717) is 52.0 Å². The van der Waals surface area contributed by atoms with Gasteiger partial charge in [0.2, 0.25) is 5.91 Å². The molecule has 1 N–H and O–H groups in total. The van der Waals surface area contributed by atoms with Crippen LogP contribution in [0.15, 0.2) is 34.3 Å². The Morgan fingerprint density at radius 1 is 1.27 bits per heavy atom. The first-order chi connectivity index (χ1) is 15.3. The van der Waals surface area contributed by atoms with Crippen LogP contribution in [0.1, 0.15) is 63.1 Å². The lowest BCUT2D eigenvalue weighted by atomic mass is 9.84. The van der Waals surface area contributed by atoms with Crippen molar-refractivity contribution in [1.82, 2.24) is 4.98 Å². The summed E-state index contributed by atoms with van der Waals surface area (Å²) in [6, 6.07) is 4.69. The Bertz CT molecular complexity index is 1220. The molecule has 3 atom stereocenters. The molecule has 1 aromatic carbocycles. The van der Waals surface area contributed by atoms with Crippen LogP contribution in [0.3, 0.4) is 0 Å². The van der Waals surface area contributed by atoms with Gasteiger partial charge in [-0.2, -0.15) is 0 Å². The van der Waals surface area contributed by atoms with E-state index < -0.39 is 21.8 Å². The number of hydrogen-bond donors (Lipinski definition) is 1. The van der Waals surface area contributed by atoms with Crippen molar-refractivity contribution in [3.63, 3.8) is 0 Å². The molecule has 1 unspecified atom stereocenters. The van der Waals surface area contributed by atoms with Crippen molar-refractivity contribution >= 4 is 55.8 Å². The maximum Gasteiger partial charge on any atom is 0.231 e. The average Bonchev–Trinajstić information content (AvgIpc) is 3.24. The fraction of sp³-hybridized carbons (Fsp3) is 0.478. The highest BCUT2D eigenvalue weighted by atomic mass is 35.5. The monoisotopic (exact) mass is 507 g/mol. The first kappa shape index (κ1) is 24.0. The zero-order valence-corrected chi connectivity index (χ0v) is 19.5. The van der Waals surface area contributed by atoms with Crippen LogP contribution in [-0.4, -0.2) is 36.6 Å². The van der Waals surface area contributed by atoms with E-state index in [4.69, 9.17) is 11.6 Å². The van der Waals surface area contributed by atoms with Crippen molar-refractivity contribution in [1.29, 1.82) is 0 Å². The molecule has 1 aliphatic heterocycles. The maximum absolute atomic E-state index is 13.3. The van der Waals surface area contributed by atoms with Crippen molar-refractivity contribution in [3.05, 3.63) is 39.9 Å². The molecule has 0 bridgehead atoms. The normalized spacial score (nSPS) is 22.6. The van der Waals surface area contributed by atoms with Gasteiger partial charge in [0.1, 0.15) is 10.1 Å². The standard InChI is InChI=1S/C22H22ClN3O4S2.CH4/c23-19-11-25-22(31-19)26-21(28)16(9-12-4-5-13(27)8-12)20-15-2-1-3-18(17(15)10-24-20)32(29,30)14-6-7-14;/h1-3,10-12,14,16,20H,4-9H2,(H,25,26,28);1H4/t12-,16+,20?;/m0./s1. The molecule has 0 saturated heterocycles. The number of halogens is 1. The number of nitrogens with zero attached hydrogens (tertiary/aromatic N) is 2. The molecular weight excluding hydrogens is 482 g/mol. The van der Waals surface area contributed by atoms with Crippen molar-refractivity contribution < 1.29 is 18.0 Å². The number of anilines is 1. The van der Waals surface area contributed by atoms with Gasteiger partial charge in [0.25, 0.3) is 0 Å². The van der Waals surface area contributed by atoms with Gasteiger partial charge in [-0.3, -0.25) is 14.6 Å². The van der Waals surface area contributed by atoms with Crippen LogP contribution >= 0.6 is 22.9 Å². The molecule has 2 heterocycles. The molecule has 2 aromatic rings. The molecule has 0 radical (unpaired) electrons. The summed E-state index contributed by atoms with van der Waals surface area (Å²) < 4.78 is 26.3. The molecule has 2 saturated carbocycles. The summed E-state index contributed by atoms with van der Waals surface area (Å²) in [5.41, 5.74) is 1.33. The molecule has 2 fully saturated rings. The van der Waals surface area contributed by atoms with Crippen LogP contribution in [0.4, 0.5) is 5.13 Å².